The topological polar surface area (TPSA) is 75.1 Å². The molecule has 0 unspecified atom stereocenters. The van der Waals surface area contributed by atoms with E-state index in [1.54, 1.807) is 4.68 Å². The fourth-order valence-corrected chi connectivity index (χ4v) is 3.02. The number of H-pyrrole nitrogens is 1. The van der Waals surface area contributed by atoms with Crippen LogP contribution in [0.2, 0.25) is 0 Å². The summed E-state index contributed by atoms with van der Waals surface area (Å²) in [7, 11) is 0. The number of hydrogen-bond acceptors (Lipinski definition) is 2. The van der Waals surface area contributed by atoms with E-state index in [1.807, 2.05) is 20.8 Å². The minimum Gasteiger partial charge on any atom is -0.481 e. The van der Waals surface area contributed by atoms with Crippen LogP contribution in [0.5, 0.6) is 0 Å². The Morgan fingerprint density at radius 1 is 1.30 bits per heavy atom. The van der Waals surface area contributed by atoms with E-state index in [4.69, 9.17) is 5.11 Å². The Morgan fingerprint density at radius 2 is 1.90 bits per heavy atom. The van der Waals surface area contributed by atoms with Crippen molar-refractivity contribution in [3.63, 3.8) is 0 Å². The lowest BCUT2D eigenvalue weighted by Crippen LogP contribution is -2.26. The number of aromatic nitrogens is 2. The number of rotatable bonds is 3. The largest absolute Gasteiger partial charge is 0.481 e. The van der Waals surface area contributed by atoms with Gasteiger partial charge in [-0.05, 0) is 12.8 Å². The third-order valence-electron chi connectivity index (χ3n) is 4.03. The number of aromatic amines is 1. The SMILES string of the molecule is CC(C)(C)c1[nH]n(C2CCCCC2)c(=O)c1CC(=O)O. The van der Waals surface area contributed by atoms with Gasteiger partial charge in [-0.3, -0.25) is 14.7 Å². The lowest BCUT2D eigenvalue weighted by Gasteiger charge is -2.23. The second-order valence-electron chi connectivity index (χ2n) is 6.75. The quantitative estimate of drug-likeness (QED) is 0.893. The average Bonchev–Trinajstić information content (AvgIpc) is 2.67. The standard InChI is InChI=1S/C15H24N2O3/c1-15(2,3)13-11(9-12(18)19)14(20)17(16-13)10-7-5-4-6-8-10/h10,16H,4-9H2,1-3H3,(H,18,19). The Morgan fingerprint density at radius 3 is 2.40 bits per heavy atom. The Hall–Kier alpha value is -1.52. The molecule has 0 amide bonds. The number of nitrogens with zero attached hydrogens (tertiary/aromatic N) is 1. The van der Waals surface area contributed by atoms with Crippen molar-refractivity contribution in [2.75, 3.05) is 0 Å². The van der Waals surface area contributed by atoms with Gasteiger partial charge in [-0.2, -0.15) is 0 Å². The van der Waals surface area contributed by atoms with E-state index in [0.717, 1.165) is 31.4 Å². The van der Waals surface area contributed by atoms with Gasteiger partial charge in [0.2, 0.25) is 0 Å². The van der Waals surface area contributed by atoms with Gasteiger partial charge in [0.1, 0.15) is 0 Å². The van der Waals surface area contributed by atoms with Gasteiger partial charge in [0.25, 0.3) is 5.56 Å². The molecule has 1 fully saturated rings. The summed E-state index contributed by atoms with van der Waals surface area (Å²) in [6.07, 6.45) is 5.28. The molecule has 0 saturated heterocycles. The first-order valence-electron chi connectivity index (χ1n) is 7.36. The molecule has 1 aromatic rings. The van der Waals surface area contributed by atoms with Crippen LogP contribution in [0.4, 0.5) is 0 Å². The highest BCUT2D eigenvalue weighted by Gasteiger charge is 2.28. The molecule has 0 bridgehead atoms. The predicted octanol–water partition coefficient (Wildman–Crippen LogP) is 2.61. The van der Waals surface area contributed by atoms with Crippen LogP contribution in [0, 0.1) is 0 Å². The van der Waals surface area contributed by atoms with Gasteiger partial charge in [-0.25, -0.2) is 4.68 Å². The molecular weight excluding hydrogens is 256 g/mol. The van der Waals surface area contributed by atoms with Crippen molar-refractivity contribution < 1.29 is 9.90 Å². The Balaban J connectivity index is 2.46. The van der Waals surface area contributed by atoms with Crippen LogP contribution in [0.1, 0.15) is 70.2 Å². The third kappa shape index (κ3) is 2.97. The molecule has 1 aliphatic rings. The predicted molar refractivity (Wildman–Crippen MR) is 77.2 cm³/mol. The number of hydrogen-bond donors (Lipinski definition) is 2. The molecule has 1 aromatic heterocycles. The van der Waals surface area contributed by atoms with E-state index in [9.17, 15) is 9.59 Å². The highest BCUT2D eigenvalue weighted by Crippen LogP contribution is 2.29. The lowest BCUT2D eigenvalue weighted by atomic mass is 9.89. The zero-order valence-electron chi connectivity index (χ0n) is 12.5. The van der Waals surface area contributed by atoms with Gasteiger partial charge in [0, 0.05) is 11.1 Å². The minimum absolute atomic E-state index is 0.149. The number of nitrogens with one attached hydrogen (secondary N) is 1. The number of aliphatic carboxylic acids is 1. The Bertz CT molecular complexity index is 542. The van der Waals surface area contributed by atoms with E-state index in [1.165, 1.54) is 6.42 Å². The summed E-state index contributed by atoms with van der Waals surface area (Å²) < 4.78 is 1.68. The van der Waals surface area contributed by atoms with Crippen molar-refractivity contribution in [3.05, 3.63) is 21.6 Å². The molecule has 1 saturated carbocycles. The van der Waals surface area contributed by atoms with Crippen LogP contribution >= 0.6 is 0 Å². The summed E-state index contributed by atoms with van der Waals surface area (Å²) in [5.41, 5.74) is 0.763. The van der Waals surface area contributed by atoms with E-state index in [-0.39, 0.29) is 23.4 Å². The summed E-state index contributed by atoms with van der Waals surface area (Å²) in [6.45, 7) is 5.98. The summed E-state index contributed by atoms with van der Waals surface area (Å²) in [6, 6.07) is 0.194. The number of carboxylic acid groups (broad SMARTS) is 1. The maximum absolute atomic E-state index is 12.5. The van der Waals surface area contributed by atoms with Gasteiger partial charge in [-0.1, -0.05) is 40.0 Å². The summed E-state index contributed by atoms with van der Waals surface area (Å²) in [5, 5.41) is 12.2. The van der Waals surface area contributed by atoms with Crippen LogP contribution < -0.4 is 5.56 Å². The van der Waals surface area contributed by atoms with E-state index in [2.05, 4.69) is 5.10 Å². The van der Waals surface area contributed by atoms with Crippen molar-refractivity contribution >= 4 is 5.97 Å². The van der Waals surface area contributed by atoms with Crippen molar-refractivity contribution in [2.24, 2.45) is 0 Å². The first-order valence-corrected chi connectivity index (χ1v) is 7.36. The maximum atomic E-state index is 12.5. The highest BCUT2D eigenvalue weighted by atomic mass is 16.4. The van der Waals surface area contributed by atoms with Crippen LogP contribution in [0.25, 0.3) is 0 Å². The van der Waals surface area contributed by atoms with Crippen LogP contribution in [0.3, 0.4) is 0 Å². The smallest absolute Gasteiger partial charge is 0.308 e. The summed E-state index contributed by atoms with van der Waals surface area (Å²) in [5.74, 6) is -0.956. The van der Waals surface area contributed by atoms with Gasteiger partial charge in [0.15, 0.2) is 0 Å². The molecule has 2 rings (SSSR count). The molecule has 1 heterocycles. The molecular formula is C15H24N2O3. The van der Waals surface area contributed by atoms with Crippen LogP contribution in [-0.2, 0) is 16.6 Å². The summed E-state index contributed by atoms with van der Waals surface area (Å²) in [4.78, 5) is 23.6. The molecule has 0 spiro atoms. The molecule has 5 heteroatoms. The Labute approximate surface area is 119 Å². The fraction of sp³-hybridized carbons (Fsp3) is 0.733. The third-order valence-corrected chi connectivity index (χ3v) is 4.03. The van der Waals surface area contributed by atoms with Crippen LogP contribution in [-0.4, -0.2) is 20.9 Å². The van der Waals surface area contributed by atoms with Gasteiger partial charge < -0.3 is 5.11 Å². The maximum Gasteiger partial charge on any atom is 0.308 e. The molecule has 20 heavy (non-hydrogen) atoms. The van der Waals surface area contributed by atoms with Crippen molar-refractivity contribution in [2.45, 2.75) is 70.8 Å². The fourth-order valence-electron chi connectivity index (χ4n) is 3.02. The molecule has 0 aromatic carbocycles. The van der Waals surface area contributed by atoms with Crippen molar-refractivity contribution in [3.8, 4) is 0 Å². The van der Waals surface area contributed by atoms with E-state index in [0.29, 0.717) is 5.56 Å². The number of carbonyl (C=O) groups is 1. The van der Waals surface area contributed by atoms with E-state index >= 15 is 0 Å². The van der Waals surface area contributed by atoms with Crippen molar-refractivity contribution in [1.29, 1.82) is 0 Å². The van der Waals surface area contributed by atoms with Gasteiger partial charge >= 0.3 is 5.97 Å². The zero-order valence-corrected chi connectivity index (χ0v) is 12.5. The summed E-state index contributed by atoms with van der Waals surface area (Å²) >= 11 is 0. The molecule has 2 N–H and O–H groups in total. The second-order valence-corrected chi connectivity index (χ2v) is 6.75. The number of carboxylic acids is 1. The molecule has 112 valence electrons. The molecule has 5 nitrogen and oxygen atoms in total. The Kier molecular flexibility index (Phi) is 4.06. The lowest BCUT2D eigenvalue weighted by molar-refractivity contribution is -0.136. The zero-order chi connectivity index (χ0) is 14.9. The average molecular weight is 280 g/mol. The van der Waals surface area contributed by atoms with E-state index < -0.39 is 5.97 Å². The highest BCUT2D eigenvalue weighted by molar-refractivity contribution is 5.70. The monoisotopic (exact) mass is 280 g/mol. The molecule has 0 aliphatic heterocycles. The molecule has 0 atom stereocenters. The minimum atomic E-state index is -0.956. The molecule has 1 aliphatic carbocycles. The van der Waals surface area contributed by atoms with Crippen LogP contribution in [0.15, 0.2) is 4.79 Å². The van der Waals surface area contributed by atoms with Gasteiger partial charge in [-0.15, -0.1) is 0 Å². The first kappa shape index (κ1) is 14.9. The first-order chi connectivity index (χ1) is 9.30. The molecule has 0 radical (unpaired) electrons. The van der Waals surface area contributed by atoms with Crippen molar-refractivity contribution in [1.82, 2.24) is 9.78 Å². The van der Waals surface area contributed by atoms with Gasteiger partial charge in [0.05, 0.1) is 18.0 Å². The second kappa shape index (κ2) is 5.46. The normalized spacial score (nSPS) is 17.4.